The standard InChI is InChI=1S/C17H20ClN3O3/c1-10-8-21(15-6-13(18)4-5-16(15)23-10)9-17(22)19-7-14-11(2)20-24-12(14)3/h4-6,10H,7-9H2,1-3H3,(H,19,22)/t10-/m1/s1. The molecule has 1 atom stereocenters. The summed E-state index contributed by atoms with van der Waals surface area (Å²) in [5.41, 5.74) is 2.56. The molecule has 0 radical (unpaired) electrons. The summed E-state index contributed by atoms with van der Waals surface area (Å²) in [7, 11) is 0. The van der Waals surface area contributed by atoms with Crippen LogP contribution in [0.3, 0.4) is 0 Å². The molecule has 0 saturated carbocycles. The van der Waals surface area contributed by atoms with Crippen LogP contribution in [-0.2, 0) is 11.3 Å². The van der Waals surface area contributed by atoms with Crippen molar-refractivity contribution in [1.82, 2.24) is 10.5 Å². The van der Waals surface area contributed by atoms with Crippen LogP contribution in [0.4, 0.5) is 5.69 Å². The third kappa shape index (κ3) is 3.48. The van der Waals surface area contributed by atoms with Gasteiger partial charge in [-0.05, 0) is 39.0 Å². The average molecular weight is 350 g/mol. The number of fused-ring (bicyclic) bond motifs is 1. The zero-order valence-electron chi connectivity index (χ0n) is 13.9. The maximum atomic E-state index is 12.4. The molecule has 7 heteroatoms. The minimum absolute atomic E-state index is 0.00837. The molecule has 0 fully saturated rings. The second-order valence-electron chi connectivity index (χ2n) is 6.00. The highest BCUT2D eigenvalue weighted by Crippen LogP contribution is 2.35. The van der Waals surface area contributed by atoms with Crippen LogP contribution in [0.1, 0.15) is 23.9 Å². The Balaban J connectivity index is 1.67. The number of rotatable bonds is 4. The van der Waals surface area contributed by atoms with E-state index in [1.807, 2.05) is 37.8 Å². The molecule has 1 amide bonds. The van der Waals surface area contributed by atoms with Crippen molar-refractivity contribution < 1.29 is 14.1 Å². The predicted molar refractivity (Wildman–Crippen MR) is 91.6 cm³/mol. The Hall–Kier alpha value is -2.21. The van der Waals surface area contributed by atoms with Crippen molar-refractivity contribution in [2.24, 2.45) is 0 Å². The van der Waals surface area contributed by atoms with E-state index in [1.54, 1.807) is 6.07 Å². The van der Waals surface area contributed by atoms with E-state index in [4.69, 9.17) is 20.9 Å². The zero-order chi connectivity index (χ0) is 17.3. The van der Waals surface area contributed by atoms with Gasteiger partial charge in [-0.25, -0.2) is 0 Å². The topological polar surface area (TPSA) is 67.6 Å². The molecule has 2 heterocycles. The van der Waals surface area contributed by atoms with Gasteiger partial charge in [0.1, 0.15) is 17.6 Å². The molecule has 24 heavy (non-hydrogen) atoms. The van der Waals surface area contributed by atoms with Crippen LogP contribution in [-0.4, -0.2) is 30.3 Å². The number of carbonyl (C=O) groups excluding carboxylic acids is 1. The second-order valence-corrected chi connectivity index (χ2v) is 6.44. The van der Waals surface area contributed by atoms with E-state index in [-0.39, 0.29) is 18.6 Å². The van der Waals surface area contributed by atoms with Gasteiger partial charge in [0.25, 0.3) is 0 Å². The average Bonchev–Trinajstić information content (AvgIpc) is 2.84. The number of hydrogen-bond acceptors (Lipinski definition) is 5. The molecule has 1 aliphatic rings. The Labute approximate surface area is 145 Å². The van der Waals surface area contributed by atoms with Crippen molar-refractivity contribution in [3.63, 3.8) is 0 Å². The van der Waals surface area contributed by atoms with Crippen LogP contribution in [0.5, 0.6) is 5.75 Å². The molecule has 0 aliphatic carbocycles. The number of hydrogen-bond donors (Lipinski definition) is 1. The second kappa shape index (κ2) is 6.73. The largest absolute Gasteiger partial charge is 0.487 e. The summed E-state index contributed by atoms with van der Waals surface area (Å²) < 4.78 is 10.9. The van der Waals surface area contributed by atoms with Crippen molar-refractivity contribution >= 4 is 23.2 Å². The molecule has 0 spiro atoms. The Morgan fingerprint density at radius 1 is 1.46 bits per heavy atom. The summed E-state index contributed by atoms with van der Waals surface area (Å²) in [5, 5.41) is 7.43. The highest BCUT2D eigenvalue weighted by atomic mass is 35.5. The minimum Gasteiger partial charge on any atom is -0.487 e. The molecule has 1 aromatic carbocycles. The van der Waals surface area contributed by atoms with Gasteiger partial charge in [-0.3, -0.25) is 4.79 Å². The fraction of sp³-hybridized carbons (Fsp3) is 0.412. The number of nitrogens with one attached hydrogen (secondary N) is 1. The first-order valence-corrected chi connectivity index (χ1v) is 8.21. The maximum absolute atomic E-state index is 12.4. The third-order valence-electron chi connectivity index (χ3n) is 4.05. The number of ether oxygens (including phenoxy) is 1. The van der Waals surface area contributed by atoms with E-state index in [1.165, 1.54) is 0 Å². The van der Waals surface area contributed by atoms with Gasteiger partial charge < -0.3 is 19.5 Å². The monoisotopic (exact) mass is 349 g/mol. The van der Waals surface area contributed by atoms with Crippen molar-refractivity contribution in [1.29, 1.82) is 0 Å². The molecule has 6 nitrogen and oxygen atoms in total. The van der Waals surface area contributed by atoms with Crippen LogP contribution in [0, 0.1) is 13.8 Å². The summed E-state index contributed by atoms with van der Waals surface area (Å²) >= 11 is 6.08. The fourth-order valence-corrected chi connectivity index (χ4v) is 2.99. The number of amides is 1. The SMILES string of the molecule is Cc1noc(C)c1CNC(=O)CN1C[C@@H](C)Oc2ccc(Cl)cc21. The van der Waals surface area contributed by atoms with Gasteiger partial charge in [0, 0.05) is 17.1 Å². The first-order chi connectivity index (χ1) is 11.4. The van der Waals surface area contributed by atoms with E-state index in [2.05, 4.69) is 10.5 Å². The fourth-order valence-electron chi connectivity index (χ4n) is 2.82. The molecular formula is C17H20ClN3O3. The van der Waals surface area contributed by atoms with Gasteiger partial charge in [-0.1, -0.05) is 16.8 Å². The van der Waals surface area contributed by atoms with E-state index in [9.17, 15) is 4.79 Å². The van der Waals surface area contributed by atoms with E-state index >= 15 is 0 Å². The zero-order valence-corrected chi connectivity index (χ0v) is 14.7. The summed E-state index contributed by atoms with van der Waals surface area (Å²) in [4.78, 5) is 14.3. The lowest BCUT2D eigenvalue weighted by Crippen LogP contribution is -2.44. The number of benzene rings is 1. The summed E-state index contributed by atoms with van der Waals surface area (Å²) in [6.07, 6.45) is 0.00837. The number of anilines is 1. The third-order valence-corrected chi connectivity index (χ3v) is 4.28. The molecule has 1 N–H and O–H groups in total. The van der Waals surface area contributed by atoms with Gasteiger partial charge in [0.2, 0.25) is 5.91 Å². The Morgan fingerprint density at radius 3 is 2.96 bits per heavy atom. The van der Waals surface area contributed by atoms with Crippen molar-refractivity contribution in [3.8, 4) is 5.75 Å². The number of nitrogens with zero attached hydrogens (tertiary/aromatic N) is 2. The lowest BCUT2D eigenvalue weighted by atomic mass is 10.2. The summed E-state index contributed by atoms with van der Waals surface area (Å²) in [6.45, 7) is 6.95. The van der Waals surface area contributed by atoms with Crippen molar-refractivity contribution in [2.75, 3.05) is 18.0 Å². The van der Waals surface area contributed by atoms with Crippen LogP contribution in [0.2, 0.25) is 5.02 Å². The van der Waals surface area contributed by atoms with E-state index in [0.717, 1.165) is 28.5 Å². The predicted octanol–water partition coefficient (Wildman–Crippen LogP) is 2.85. The molecule has 0 unspecified atom stereocenters. The van der Waals surface area contributed by atoms with Crippen LogP contribution < -0.4 is 15.0 Å². The molecule has 128 valence electrons. The number of aryl methyl sites for hydroxylation is 2. The van der Waals surface area contributed by atoms with Crippen LogP contribution >= 0.6 is 11.6 Å². The van der Waals surface area contributed by atoms with Crippen molar-refractivity contribution in [2.45, 2.75) is 33.4 Å². The van der Waals surface area contributed by atoms with Gasteiger partial charge in [-0.2, -0.15) is 0 Å². The molecule has 1 aromatic heterocycles. The van der Waals surface area contributed by atoms with Gasteiger partial charge in [-0.15, -0.1) is 0 Å². The number of carbonyl (C=O) groups is 1. The molecule has 0 bridgehead atoms. The first-order valence-electron chi connectivity index (χ1n) is 7.83. The minimum atomic E-state index is -0.0741. The number of aromatic nitrogens is 1. The Morgan fingerprint density at radius 2 is 2.25 bits per heavy atom. The molecule has 0 saturated heterocycles. The smallest absolute Gasteiger partial charge is 0.239 e. The lowest BCUT2D eigenvalue weighted by Gasteiger charge is -2.34. The lowest BCUT2D eigenvalue weighted by molar-refractivity contribution is -0.120. The van der Waals surface area contributed by atoms with E-state index in [0.29, 0.717) is 18.1 Å². The number of halogens is 1. The highest BCUT2D eigenvalue weighted by molar-refractivity contribution is 6.31. The van der Waals surface area contributed by atoms with Gasteiger partial charge in [0.15, 0.2) is 0 Å². The quantitative estimate of drug-likeness (QED) is 0.919. The van der Waals surface area contributed by atoms with Crippen LogP contribution in [0.15, 0.2) is 22.7 Å². The molecular weight excluding hydrogens is 330 g/mol. The summed E-state index contributed by atoms with van der Waals surface area (Å²) in [6, 6.07) is 5.45. The van der Waals surface area contributed by atoms with Crippen molar-refractivity contribution in [3.05, 3.63) is 40.2 Å². The summed E-state index contributed by atoms with van der Waals surface area (Å²) in [5.74, 6) is 1.40. The molecule has 1 aliphatic heterocycles. The first kappa shape index (κ1) is 16.6. The van der Waals surface area contributed by atoms with Crippen LogP contribution in [0.25, 0.3) is 0 Å². The Kier molecular flexibility index (Phi) is 4.66. The van der Waals surface area contributed by atoms with E-state index < -0.39 is 0 Å². The highest BCUT2D eigenvalue weighted by Gasteiger charge is 2.25. The normalized spacial score (nSPS) is 16.5. The van der Waals surface area contributed by atoms with Gasteiger partial charge in [0.05, 0.1) is 24.5 Å². The van der Waals surface area contributed by atoms with Gasteiger partial charge >= 0.3 is 0 Å². The Bertz CT molecular complexity index is 740. The molecule has 3 rings (SSSR count). The molecule has 2 aromatic rings. The maximum Gasteiger partial charge on any atom is 0.239 e.